The van der Waals surface area contributed by atoms with E-state index in [1.54, 1.807) is 26.1 Å². The van der Waals surface area contributed by atoms with Gasteiger partial charge in [0.25, 0.3) is 5.56 Å². The molecule has 1 unspecified atom stereocenters. The molecule has 1 heterocycles. The maximum Gasteiger partial charge on any atom is 0.326 e. The standard InChI is InChI=1S/C17H26N2O4/c1-5-6-7-13(15(21)22)18-16(23)17(3,4)11-19-10-12(2)8-9-14(19)20/h8-10,13H,5-7,11H2,1-4H3,(H,18,23)(H,21,22). The molecule has 0 saturated carbocycles. The number of carbonyl (C=O) groups is 2. The second-order valence-electron chi connectivity index (χ2n) is 6.56. The Kier molecular flexibility index (Phi) is 6.54. The Morgan fingerprint density at radius 3 is 2.57 bits per heavy atom. The van der Waals surface area contributed by atoms with Crippen molar-refractivity contribution < 1.29 is 14.7 Å². The van der Waals surface area contributed by atoms with E-state index in [2.05, 4.69) is 5.32 Å². The molecule has 0 aromatic carbocycles. The van der Waals surface area contributed by atoms with Crippen molar-refractivity contribution in [2.75, 3.05) is 0 Å². The fraction of sp³-hybridized carbons (Fsp3) is 0.588. The molecule has 0 aliphatic carbocycles. The lowest BCUT2D eigenvalue weighted by Gasteiger charge is -2.26. The van der Waals surface area contributed by atoms with Gasteiger partial charge in [0.1, 0.15) is 6.04 Å². The number of amides is 1. The molecular formula is C17H26N2O4. The van der Waals surface area contributed by atoms with E-state index in [1.807, 2.05) is 13.8 Å². The predicted octanol–water partition coefficient (Wildman–Crippen LogP) is 1.94. The Morgan fingerprint density at radius 2 is 2.00 bits per heavy atom. The van der Waals surface area contributed by atoms with Gasteiger partial charge in [0.2, 0.25) is 5.91 Å². The Hall–Kier alpha value is -2.11. The number of aliphatic carboxylic acids is 1. The molecule has 6 nitrogen and oxygen atoms in total. The number of carboxylic acid groups (broad SMARTS) is 1. The molecule has 2 N–H and O–H groups in total. The summed E-state index contributed by atoms with van der Waals surface area (Å²) < 4.78 is 1.48. The molecule has 0 radical (unpaired) electrons. The Morgan fingerprint density at radius 1 is 1.35 bits per heavy atom. The van der Waals surface area contributed by atoms with Crippen LogP contribution in [0.4, 0.5) is 0 Å². The van der Waals surface area contributed by atoms with Gasteiger partial charge in [-0.1, -0.05) is 25.8 Å². The fourth-order valence-corrected chi connectivity index (χ4v) is 2.29. The smallest absolute Gasteiger partial charge is 0.326 e. The van der Waals surface area contributed by atoms with Crippen LogP contribution in [0.2, 0.25) is 0 Å². The molecule has 23 heavy (non-hydrogen) atoms. The van der Waals surface area contributed by atoms with Gasteiger partial charge < -0.3 is 15.0 Å². The molecular weight excluding hydrogens is 296 g/mol. The first-order chi connectivity index (χ1) is 10.7. The molecule has 1 rings (SSSR count). The van der Waals surface area contributed by atoms with E-state index >= 15 is 0 Å². The van der Waals surface area contributed by atoms with E-state index in [0.29, 0.717) is 6.42 Å². The number of aromatic nitrogens is 1. The molecule has 0 bridgehead atoms. The van der Waals surface area contributed by atoms with Crippen LogP contribution in [0.5, 0.6) is 0 Å². The number of hydrogen-bond acceptors (Lipinski definition) is 3. The number of carboxylic acids is 1. The topological polar surface area (TPSA) is 88.4 Å². The number of hydrogen-bond donors (Lipinski definition) is 2. The second kappa shape index (κ2) is 7.94. The summed E-state index contributed by atoms with van der Waals surface area (Å²) in [6.45, 7) is 7.44. The van der Waals surface area contributed by atoms with Crippen molar-refractivity contribution >= 4 is 11.9 Å². The van der Waals surface area contributed by atoms with Crippen LogP contribution in [0.1, 0.15) is 45.6 Å². The highest BCUT2D eigenvalue weighted by Gasteiger charge is 2.31. The first-order valence-electron chi connectivity index (χ1n) is 7.88. The van der Waals surface area contributed by atoms with E-state index in [4.69, 9.17) is 0 Å². The molecule has 6 heteroatoms. The first kappa shape index (κ1) is 18.9. The predicted molar refractivity (Wildman–Crippen MR) is 88.3 cm³/mol. The van der Waals surface area contributed by atoms with Crippen LogP contribution in [0.3, 0.4) is 0 Å². The summed E-state index contributed by atoms with van der Waals surface area (Å²) >= 11 is 0. The molecule has 1 aromatic rings. The highest BCUT2D eigenvalue weighted by atomic mass is 16.4. The molecule has 1 atom stereocenters. The Bertz CT molecular complexity index is 619. The molecule has 0 aliphatic rings. The lowest BCUT2D eigenvalue weighted by molar-refractivity contribution is -0.143. The quantitative estimate of drug-likeness (QED) is 0.765. The minimum absolute atomic E-state index is 0.183. The monoisotopic (exact) mass is 322 g/mol. The summed E-state index contributed by atoms with van der Waals surface area (Å²) in [5.41, 5.74) is -0.151. The normalized spacial score (nSPS) is 12.7. The van der Waals surface area contributed by atoms with Crippen molar-refractivity contribution in [2.45, 2.75) is 59.5 Å². The van der Waals surface area contributed by atoms with Crippen molar-refractivity contribution in [3.63, 3.8) is 0 Å². The molecule has 1 aromatic heterocycles. The zero-order chi connectivity index (χ0) is 17.6. The van der Waals surface area contributed by atoms with Crippen molar-refractivity contribution in [1.29, 1.82) is 0 Å². The lowest BCUT2D eigenvalue weighted by Crippen LogP contribution is -2.48. The Labute approximate surface area is 136 Å². The summed E-state index contributed by atoms with van der Waals surface area (Å²) in [7, 11) is 0. The first-order valence-corrected chi connectivity index (χ1v) is 7.88. The zero-order valence-corrected chi connectivity index (χ0v) is 14.3. The molecule has 0 fully saturated rings. The number of rotatable bonds is 8. The van der Waals surface area contributed by atoms with Gasteiger partial charge in [0.15, 0.2) is 0 Å². The van der Waals surface area contributed by atoms with Crippen LogP contribution in [0.15, 0.2) is 23.1 Å². The van der Waals surface area contributed by atoms with Gasteiger partial charge in [-0.15, -0.1) is 0 Å². The van der Waals surface area contributed by atoms with E-state index in [0.717, 1.165) is 18.4 Å². The van der Waals surface area contributed by atoms with Crippen LogP contribution < -0.4 is 10.9 Å². The number of pyridine rings is 1. The highest BCUT2D eigenvalue weighted by Crippen LogP contribution is 2.18. The highest BCUT2D eigenvalue weighted by molar-refractivity contribution is 5.86. The van der Waals surface area contributed by atoms with Crippen LogP contribution in [0.25, 0.3) is 0 Å². The van der Waals surface area contributed by atoms with E-state index in [9.17, 15) is 19.5 Å². The van der Waals surface area contributed by atoms with Crippen molar-refractivity contribution in [1.82, 2.24) is 9.88 Å². The SMILES string of the molecule is CCCCC(NC(=O)C(C)(C)Cn1cc(C)ccc1=O)C(=O)O. The maximum atomic E-state index is 12.5. The minimum atomic E-state index is -1.03. The lowest BCUT2D eigenvalue weighted by atomic mass is 9.91. The van der Waals surface area contributed by atoms with Gasteiger partial charge >= 0.3 is 5.97 Å². The van der Waals surface area contributed by atoms with E-state index in [-0.39, 0.29) is 18.0 Å². The van der Waals surface area contributed by atoms with Gasteiger partial charge in [0.05, 0.1) is 5.41 Å². The summed E-state index contributed by atoms with van der Waals surface area (Å²) in [6.07, 6.45) is 3.69. The molecule has 0 aliphatic heterocycles. The number of carbonyl (C=O) groups excluding carboxylic acids is 1. The number of unbranched alkanes of at least 4 members (excludes halogenated alkanes) is 1. The number of nitrogens with zero attached hydrogens (tertiary/aromatic N) is 1. The van der Waals surface area contributed by atoms with Gasteiger partial charge in [-0.25, -0.2) is 4.79 Å². The van der Waals surface area contributed by atoms with Crippen molar-refractivity contribution in [3.8, 4) is 0 Å². The summed E-state index contributed by atoms with van der Waals surface area (Å²) in [5, 5.41) is 11.8. The number of aryl methyl sites for hydroxylation is 1. The van der Waals surface area contributed by atoms with Gasteiger partial charge in [-0.2, -0.15) is 0 Å². The largest absolute Gasteiger partial charge is 0.480 e. The van der Waals surface area contributed by atoms with Crippen molar-refractivity contribution in [2.24, 2.45) is 5.41 Å². The van der Waals surface area contributed by atoms with Crippen LogP contribution in [-0.2, 0) is 16.1 Å². The third-order valence-corrected chi connectivity index (χ3v) is 3.76. The third-order valence-electron chi connectivity index (χ3n) is 3.76. The fourth-order valence-electron chi connectivity index (χ4n) is 2.29. The van der Waals surface area contributed by atoms with Crippen LogP contribution in [-0.4, -0.2) is 27.6 Å². The summed E-state index contributed by atoms with van der Waals surface area (Å²) in [4.78, 5) is 35.6. The van der Waals surface area contributed by atoms with Crippen LogP contribution >= 0.6 is 0 Å². The second-order valence-corrected chi connectivity index (χ2v) is 6.56. The average molecular weight is 322 g/mol. The molecule has 128 valence electrons. The molecule has 1 amide bonds. The zero-order valence-electron chi connectivity index (χ0n) is 14.3. The van der Waals surface area contributed by atoms with Gasteiger partial charge in [-0.05, 0) is 32.8 Å². The minimum Gasteiger partial charge on any atom is -0.480 e. The summed E-state index contributed by atoms with van der Waals surface area (Å²) in [5.74, 6) is -1.40. The maximum absolute atomic E-state index is 12.5. The van der Waals surface area contributed by atoms with Crippen molar-refractivity contribution in [3.05, 3.63) is 34.2 Å². The molecule has 0 saturated heterocycles. The number of nitrogens with one attached hydrogen (secondary N) is 1. The Balaban J connectivity index is 2.85. The van der Waals surface area contributed by atoms with Gasteiger partial charge in [0, 0.05) is 18.8 Å². The molecule has 0 spiro atoms. The van der Waals surface area contributed by atoms with Crippen LogP contribution in [0, 0.1) is 12.3 Å². The van der Waals surface area contributed by atoms with E-state index in [1.165, 1.54) is 10.6 Å². The third kappa shape index (κ3) is 5.54. The summed E-state index contributed by atoms with van der Waals surface area (Å²) in [6, 6.07) is 2.29. The van der Waals surface area contributed by atoms with E-state index < -0.39 is 17.4 Å². The van der Waals surface area contributed by atoms with Gasteiger partial charge in [-0.3, -0.25) is 9.59 Å². The average Bonchev–Trinajstić information content (AvgIpc) is 2.46.